The lowest BCUT2D eigenvalue weighted by molar-refractivity contribution is -0.118. The van der Waals surface area contributed by atoms with Gasteiger partial charge in [-0.05, 0) is 53.1 Å². The Bertz CT molecular complexity index is 181. The van der Waals surface area contributed by atoms with Gasteiger partial charge in [0.25, 0.3) is 0 Å². The van der Waals surface area contributed by atoms with Crippen LogP contribution in [0.1, 0.15) is 39.5 Å². The van der Waals surface area contributed by atoms with Crippen molar-refractivity contribution in [1.29, 1.82) is 0 Å². The average molecular weight is 228 g/mol. The Hall–Kier alpha value is -0.410. The molecule has 0 spiro atoms. The van der Waals surface area contributed by atoms with Gasteiger partial charge in [0, 0.05) is 12.8 Å². The number of rotatable bonds is 10. The van der Waals surface area contributed by atoms with Crippen LogP contribution in [0.25, 0.3) is 0 Å². The van der Waals surface area contributed by atoms with Crippen LogP contribution in [-0.4, -0.2) is 55.9 Å². The summed E-state index contributed by atoms with van der Waals surface area (Å²) < 4.78 is 0. The summed E-state index contributed by atoms with van der Waals surface area (Å²) in [4.78, 5) is 15.8. The van der Waals surface area contributed by atoms with Crippen molar-refractivity contribution in [1.82, 2.24) is 9.80 Å². The van der Waals surface area contributed by atoms with Crippen LogP contribution in [-0.2, 0) is 4.79 Å². The van der Waals surface area contributed by atoms with Gasteiger partial charge in [0.1, 0.15) is 5.78 Å². The SMILES string of the molecule is CCC(=O)CCCN(CC)CCCN(C)C. The number of ketones is 1. The molecule has 0 radical (unpaired) electrons. The summed E-state index contributed by atoms with van der Waals surface area (Å²) in [6.45, 7) is 8.58. The number of carbonyl (C=O) groups excluding carboxylic acids is 1. The zero-order chi connectivity index (χ0) is 12.4. The molecule has 0 unspecified atom stereocenters. The van der Waals surface area contributed by atoms with Crippen molar-refractivity contribution in [3.05, 3.63) is 0 Å². The van der Waals surface area contributed by atoms with Crippen LogP contribution in [0.3, 0.4) is 0 Å². The maximum Gasteiger partial charge on any atom is 0.132 e. The van der Waals surface area contributed by atoms with Crippen LogP contribution < -0.4 is 0 Å². The van der Waals surface area contributed by atoms with Gasteiger partial charge in [0.15, 0.2) is 0 Å². The highest BCUT2D eigenvalue weighted by Gasteiger charge is 2.04. The molecule has 0 aromatic rings. The van der Waals surface area contributed by atoms with E-state index >= 15 is 0 Å². The van der Waals surface area contributed by atoms with E-state index in [2.05, 4.69) is 30.8 Å². The normalized spacial score (nSPS) is 11.4. The molecule has 0 aliphatic rings. The Morgan fingerprint density at radius 3 is 2.12 bits per heavy atom. The van der Waals surface area contributed by atoms with Gasteiger partial charge in [-0.3, -0.25) is 4.79 Å². The fourth-order valence-corrected chi connectivity index (χ4v) is 1.72. The summed E-state index contributed by atoms with van der Waals surface area (Å²) in [5.74, 6) is 0.393. The molecule has 0 fully saturated rings. The van der Waals surface area contributed by atoms with Gasteiger partial charge in [0.05, 0.1) is 0 Å². The summed E-state index contributed by atoms with van der Waals surface area (Å²) in [5, 5.41) is 0. The molecule has 0 heterocycles. The topological polar surface area (TPSA) is 23.6 Å². The van der Waals surface area contributed by atoms with Crippen LogP contribution in [0, 0.1) is 0 Å². The van der Waals surface area contributed by atoms with Crippen molar-refractivity contribution >= 4 is 5.78 Å². The molecule has 3 nitrogen and oxygen atoms in total. The van der Waals surface area contributed by atoms with Crippen LogP contribution in [0.4, 0.5) is 0 Å². The van der Waals surface area contributed by atoms with Gasteiger partial charge in [-0.15, -0.1) is 0 Å². The molecule has 16 heavy (non-hydrogen) atoms. The summed E-state index contributed by atoms with van der Waals surface area (Å²) in [7, 11) is 4.21. The third-order valence-corrected chi connectivity index (χ3v) is 2.85. The van der Waals surface area contributed by atoms with Gasteiger partial charge in [-0.1, -0.05) is 13.8 Å². The zero-order valence-corrected chi connectivity index (χ0v) is 11.5. The Kier molecular flexibility index (Phi) is 9.54. The lowest BCUT2D eigenvalue weighted by Crippen LogP contribution is -2.28. The highest BCUT2D eigenvalue weighted by molar-refractivity contribution is 5.77. The third-order valence-electron chi connectivity index (χ3n) is 2.85. The molecule has 0 saturated heterocycles. The molecule has 0 aliphatic carbocycles. The molecule has 0 atom stereocenters. The average Bonchev–Trinajstić information content (AvgIpc) is 2.26. The Balaban J connectivity index is 3.55. The second kappa shape index (κ2) is 9.79. The van der Waals surface area contributed by atoms with Crippen molar-refractivity contribution in [2.45, 2.75) is 39.5 Å². The van der Waals surface area contributed by atoms with E-state index in [1.54, 1.807) is 0 Å². The summed E-state index contributed by atoms with van der Waals surface area (Å²) in [5.41, 5.74) is 0. The van der Waals surface area contributed by atoms with Crippen molar-refractivity contribution in [2.75, 3.05) is 40.3 Å². The Morgan fingerprint density at radius 2 is 1.62 bits per heavy atom. The van der Waals surface area contributed by atoms with E-state index in [0.29, 0.717) is 12.2 Å². The maximum absolute atomic E-state index is 11.2. The summed E-state index contributed by atoms with van der Waals surface area (Å²) in [6, 6.07) is 0. The standard InChI is InChI=1S/C13H28N2O/c1-5-13(16)9-7-11-15(6-2)12-8-10-14(3)4/h5-12H2,1-4H3. The second-order valence-electron chi connectivity index (χ2n) is 4.59. The molecule has 0 aliphatic heterocycles. The minimum absolute atomic E-state index is 0.393. The molecular weight excluding hydrogens is 200 g/mol. The largest absolute Gasteiger partial charge is 0.309 e. The van der Waals surface area contributed by atoms with Crippen molar-refractivity contribution in [2.24, 2.45) is 0 Å². The van der Waals surface area contributed by atoms with E-state index in [9.17, 15) is 4.79 Å². The fraction of sp³-hybridized carbons (Fsp3) is 0.923. The van der Waals surface area contributed by atoms with Gasteiger partial charge in [-0.25, -0.2) is 0 Å². The minimum atomic E-state index is 0.393. The van der Waals surface area contributed by atoms with Gasteiger partial charge < -0.3 is 9.80 Å². The summed E-state index contributed by atoms with van der Waals surface area (Å²) >= 11 is 0. The first kappa shape index (κ1) is 15.6. The Morgan fingerprint density at radius 1 is 1.00 bits per heavy atom. The van der Waals surface area contributed by atoms with E-state index in [4.69, 9.17) is 0 Å². The van der Waals surface area contributed by atoms with E-state index < -0.39 is 0 Å². The van der Waals surface area contributed by atoms with E-state index in [1.807, 2.05) is 6.92 Å². The second-order valence-corrected chi connectivity index (χ2v) is 4.59. The smallest absolute Gasteiger partial charge is 0.132 e. The van der Waals surface area contributed by atoms with E-state index in [1.165, 1.54) is 6.42 Å². The number of hydrogen-bond donors (Lipinski definition) is 0. The number of Topliss-reactive ketones (excluding diaryl/α,β-unsaturated/α-hetero) is 1. The molecule has 3 heteroatoms. The number of nitrogens with zero attached hydrogens (tertiary/aromatic N) is 2. The lowest BCUT2D eigenvalue weighted by atomic mass is 10.2. The molecule has 0 bridgehead atoms. The van der Waals surface area contributed by atoms with E-state index in [-0.39, 0.29) is 0 Å². The summed E-state index contributed by atoms with van der Waals surface area (Å²) in [6.07, 6.45) is 3.67. The third kappa shape index (κ3) is 8.86. The molecule has 0 saturated carbocycles. The van der Waals surface area contributed by atoms with Crippen LogP contribution in [0.5, 0.6) is 0 Å². The van der Waals surface area contributed by atoms with Crippen molar-refractivity contribution in [3.8, 4) is 0 Å². The molecule has 0 aromatic heterocycles. The van der Waals surface area contributed by atoms with Crippen molar-refractivity contribution < 1.29 is 4.79 Å². The molecule has 0 amide bonds. The fourth-order valence-electron chi connectivity index (χ4n) is 1.72. The van der Waals surface area contributed by atoms with Gasteiger partial charge in [0.2, 0.25) is 0 Å². The molecule has 0 N–H and O–H groups in total. The first-order chi connectivity index (χ1) is 7.60. The molecular formula is C13H28N2O. The monoisotopic (exact) mass is 228 g/mol. The molecule has 0 rings (SSSR count). The zero-order valence-electron chi connectivity index (χ0n) is 11.5. The highest BCUT2D eigenvalue weighted by atomic mass is 16.1. The Labute approximate surface area is 101 Å². The first-order valence-corrected chi connectivity index (χ1v) is 6.48. The minimum Gasteiger partial charge on any atom is -0.309 e. The molecule has 96 valence electrons. The number of carbonyl (C=O) groups is 1. The predicted octanol–water partition coefficient (Wildman–Crippen LogP) is 2.02. The van der Waals surface area contributed by atoms with E-state index in [0.717, 1.165) is 39.0 Å². The quantitative estimate of drug-likeness (QED) is 0.571. The van der Waals surface area contributed by atoms with Crippen LogP contribution in [0.15, 0.2) is 0 Å². The predicted molar refractivity (Wildman–Crippen MR) is 69.8 cm³/mol. The van der Waals surface area contributed by atoms with Gasteiger partial charge >= 0.3 is 0 Å². The maximum atomic E-state index is 11.2. The first-order valence-electron chi connectivity index (χ1n) is 6.48. The van der Waals surface area contributed by atoms with Gasteiger partial charge in [-0.2, -0.15) is 0 Å². The highest BCUT2D eigenvalue weighted by Crippen LogP contribution is 1.99. The lowest BCUT2D eigenvalue weighted by Gasteiger charge is -2.21. The van der Waals surface area contributed by atoms with Crippen LogP contribution >= 0.6 is 0 Å². The van der Waals surface area contributed by atoms with Crippen molar-refractivity contribution in [3.63, 3.8) is 0 Å². The molecule has 0 aromatic carbocycles. The number of hydrogen-bond acceptors (Lipinski definition) is 3. The van der Waals surface area contributed by atoms with Crippen LogP contribution in [0.2, 0.25) is 0 Å².